The maximum Gasteiger partial charge on any atom is 0.246 e. The number of unbranched alkanes of at least 4 members (excludes halogenated alkanes) is 5. The van der Waals surface area contributed by atoms with Crippen molar-refractivity contribution in [1.29, 1.82) is 0 Å². The average molecular weight is 378 g/mol. The summed E-state index contributed by atoms with van der Waals surface area (Å²) < 4.78 is 0. The lowest BCUT2D eigenvalue weighted by molar-refractivity contribution is -0.427. The van der Waals surface area contributed by atoms with Crippen molar-refractivity contribution in [2.45, 2.75) is 71.1 Å². The minimum absolute atomic E-state index is 0.117. The van der Waals surface area contributed by atoms with Crippen LogP contribution in [0, 0.1) is 20.2 Å². The van der Waals surface area contributed by atoms with E-state index in [-0.39, 0.29) is 29.2 Å². The molecule has 0 saturated carbocycles. The second-order valence-corrected chi connectivity index (χ2v) is 6.09. The molecule has 0 aromatic heterocycles. The van der Waals surface area contributed by atoms with E-state index in [0.717, 1.165) is 32.0 Å². The lowest BCUT2D eigenvalue weighted by Crippen LogP contribution is -1.97. The van der Waals surface area contributed by atoms with E-state index in [2.05, 4.69) is 6.92 Å². The molecule has 27 heavy (non-hydrogen) atoms. The maximum atomic E-state index is 11.0. The topological polar surface area (TPSA) is 103 Å². The minimum Gasteiger partial charge on any atom is -0.303 e. The fraction of sp³-hybridized carbons (Fsp3) is 0.550. The molecular formula is C20H30N2O5. The number of aldehydes is 1. The lowest BCUT2D eigenvalue weighted by atomic mass is 10.1. The number of carbonyl (C=O) groups is 1. The van der Waals surface area contributed by atoms with Gasteiger partial charge in [-0.1, -0.05) is 44.1 Å². The van der Waals surface area contributed by atoms with Crippen LogP contribution in [0.5, 0.6) is 0 Å². The first-order valence-electron chi connectivity index (χ1n) is 9.43. The van der Waals surface area contributed by atoms with Gasteiger partial charge in [-0.15, -0.1) is 0 Å². The summed E-state index contributed by atoms with van der Waals surface area (Å²) in [4.78, 5) is 31.4. The van der Waals surface area contributed by atoms with E-state index in [0.29, 0.717) is 25.7 Å². The molecule has 0 radical (unpaired) electrons. The zero-order chi connectivity index (χ0) is 20.3. The van der Waals surface area contributed by atoms with E-state index in [1.165, 1.54) is 0 Å². The third-order valence-electron chi connectivity index (χ3n) is 3.82. The Morgan fingerprint density at radius 3 is 1.74 bits per heavy atom. The van der Waals surface area contributed by atoms with E-state index in [1.807, 2.05) is 6.08 Å². The van der Waals surface area contributed by atoms with Crippen LogP contribution in [-0.2, 0) is 4.79 Å². The Hall–Kier alpha value is -2.57. The van der Waals surface area contributed by atoms with Crippen LogP contribution in [0.2, 0.25) is 0 Å². The van der Waals surface area contributed by atoms with Gasteiger partial charge in [0, 0.05) is 6.42 Å². The van der Waals surface area contributed by atoms with Crippen molar-refractivity contribution < 1.29 is 14.6 Å². The molecule has 0 heterocycles. The number of nitro groups is 2. The van der Waals surface area contributed by atoms with Gasteiger partial charge < -0.3 is 4.79 Å². The minimum atomic E-state index is -0.409. The highest BCUT2D eigenvalue weighted by Crippen LogP contribution is 2.10. The molecule has 0 fully saturated rings. The number of hydrogen-bond donors (Lipinski definition) is 0. The van der Waals surface area contributed by atoms with E-state index in [9.17, 15) is 25.0 Å². The van der Waals surface area contributed by atoms with E-state index < -0.39 is 4.92 Å². The van der Waals surface area contributed by atoms with Crippen molar-refractivity contribution >= 4 is 6.29 Å². The molecule has 0 aliphatic heterocycles. The van der Waals surface area contributed by atoms with Crippen LogP contribution in [0.1, 0.15) is 71.1 Å². The molecule has 0 aliphatic rings. The number of allylic oxidation sites excluding steroid dienone is 6. The quantitative estimate of drug-likeness (QED) is 0.115. The Bertz CT molecular complexity index is 577. The summed E-state index contributed by atoms with van der Waals surface area (Å²) in [6, 6.07) is 0. The molecule has 0 amide bonds. The van der Waals surface area contributed by atoms with Crippen molar-refractivity contribution in [3.63, 3.8) is 0 Å². The average Bonchev–Trinajstić information content (AvgIpc) is 2.63. The lowest BCUT2D eigenvalue weighted by Gasteiger charge is -1.96. The molecule has 0 unspecified atom stereocenters. The van der Waals surface area contributed by atoms with E-state index in [4.69, 9.17) is 0 Å². The second-order valence-electron chi connectivity index (χ2n) is 6.09. The fourth-order valence-corrected chi connectivity index (χ4v) is 2.28. The number of nitrogens with zero attached hydrogens (tertiary/aromatic N) is 2. The zero-order valence-electron chi connectivity index (χ0n) is 16.0. The molecule has 0 spiro atoms. The highest BCUT2D eigenvalue weighted by Gasteiger charge is 2.07. The molecule has 7 heteroatoms. The number of rotatable bonds is 16. The molecule has 0 atom stereocenters. The summed E-state index contributed by atoms with van der Waals surface area (Å²) in [6.45, 7) is 2.09. The molecule has 0 rings (SSSR count). The van der Waals surface area contributed by atoms with Gasteiger partial charge in [0.1, 0.15) is 6.29 Å². The zero-order valence-corrected chi connectivity index (χ0v) is 16.0. The predicted molar refractivity (Wildman–Crippen MR) is 106 cm³/mol. The van der Waals surface area contributed by atoms with Crippen LogP contribution in [-0.4, -0.2) is 16.1 Å². The van der Waals surface area contributed by atoms with Crippen molar-refractivity contribution in [3.05, 3.63) is 68.1 Å². The van der Waals surface area contributed by atoms with Crippen LogP contribution in [0.25, 0.3) is 0 Å². The van der Waals surface area contributed by atoms with Gasteiger partial charge in [0.05, 0.1) is 22.7 Å². The normalized spacial score (nSPS) is 12.8. The summed E-state index contributed by atoms with van der Waals surface area (Å²) >= 11 is 0. The fourth-order valence-electron chi connectivity index (χ4n) is 2.28. The van der Waals surface area contributed by atoms with E-state index in [1.54, 1.807) is 30.4 Å². The summed E-state index contributed by atoms with van der Waals surface area (Å²) in [6.07, 6.45) is 17.6. The Labute approximate surface area is 160 Å². The van der Waals surface area contributed by atoms with Gasteiger partial charge in [0.25, 0.3) is 0 Å². The van der Waals surface area contributed by atoms with Crippen LogP contribution in [0.4, 0.5) is 0 Å². The standard InChI is InChI=1S/C20H30N2O5/c1-2-3-4-9-14-19(21(24)25)15-10-6-5-7-11-16-20(22(26)27)17-12-8-13-18-23/h6-7,10-11,14,17-18H,2-5,8-9,12-13,15-16H2,1H3/b10-6-,11-7-,19-14+,20-17+. The van der Waals surface area contributed by atoms with Gasteiger partial charge in [-0.05, 0) is 44.3 Å². The Balaban J connectivity index is 4.31. The van der Waals surface area contributed by atoms with Gasteiger partial charge in [-0.2, -0.15) is 0 Å². The largest absolute Gasteiger partial charge is 0.303 e. The second kappa shape index (κ2) is 16.9. The smallest absolute Gasteiger partial charge is 0.246 e. The summed E-state index contributed by atoms with van der Waals surface area (Å²) in [5.74, 6) is 0. The summed E-state index contributed by atoms with van der Waals surface area (Å²) in [5.41, 5.74) is 0.326. The van der Waals surface area contributed by atoms with Gasteiger partial charge in [-0.25, -0.2) is 0 Å². The molecule has 7 nitrogen and oxygen atoms in total. The number of hydrogen-bond acceptors (Lipinski definition) is 5. The first-order chi connectivity index (χ1) is 13.0. The van der Waals surface area contributed by atoms with Crippen molar-refractivity contribution in [3.8, 4) is 0 Å². The molecule has 0 aromatic rings. The highest BCUT2D eigenvalue weighted by atomic mass is 16.6. The van der Waals surface area contributed by atoms with E-state index >= 15 is 0 Å². The third kappa shape index (κ3) is 14.3. The summed E-state index contributed by atoms with van der Waals surface area (Å²) in [5, 5.41) is 21.9. The monoisotopic (exact) mass is 378 g/mol. The van der Waals surface area contributed by atoms with Crippen molar-refractivity contribution in [2.75, 3.05) is 0 Å². The molecular weight excluding hydrogens is 348 g/mol. The molecule has 0 aliphatic carbocycles. The molecule has 0 bridgehead atoms. The molecule has 150 valence electrons. The molecule has 0 aromatic carbocycles. The molecule has 0 saturated heterocycles. The predicted octanol–water partition coefficient (Wildman–Crippen LogP) is 5.54. The highest BCUT2D eigenvalue weighted by molar-refractivity contribution is 5.49. The number of carbonyl (C=O) groups excluding carboxylic acids is 1. The van der Waals surface area contributed by atoms with Crippen molar-refractivity contribution in [1.82, 2.24) is 0 Å². The third-order valence-corrected chi connectivity index (χ3v) is 3.82. The summed E-state index contributed by atoms with van der Waals surface area (Å²) in [7, 11) is 0. The first-order valence-corrected chi connectivity index (χ1v) is 9.43. The van der Waals surface area contributed by atoms with Crippen LogP contribution in [0.3, 0.4) is 0 Å². The van der Waals surface area contributed by atoms with Crippen LogP contribution < -0.4 is 0 Å². The Morgan fingerprint density at radius 1 is 0.778 bits per heavy atom. The Morgan fingerprint density at radius 2 is 1.30 bits per heavy atom. The van der Waals surface area contributed by atoms with Gasteiger partial charge in [-0.3, -0.25) is 20.2 Å². The van der Waals surface area contributed by atoms with Crippen LogP contribution >= 0.6 is 0 Å². The maximum absolute atomic E-state index is 11.0. The van der Waals surface area contributed by atoms with Crippen molar-refractivity contribution in [2.24, 2.45) is 0 Å². The van der Waals surface area contributed by atoms with Gasteiger partial charge in [0.15, 0.2) is 0 Å². The van der Waals surface area contributed by atoms with Gasteiger partial charge in [0.2, 0.25) is 11.4 Å². The first kappa shape index (κ1) is 24.4. The Kier molecular flexibility index (Phi) is 15.3. The SMILES string of the molecule is CCCCC/C=C(\C/C=C\C/C=C\C/C(=C\CCCC=O)[N+](=O)[O-])[N+](=O)[O-]. The van der Waals surface area contributed by atoms with Gasteiger partial charge >= 0.3 is 0 Å². The van der Waals surface area contributed by atoms with Crippen LogP contribution in [0.15, 0.2) is 47.9 Å². The molecule has 0 N–H and O–H groups in total.